The Morgan fingerprint density at radius 1 is 1.13 bits per heavy atom. The van der Waals surface area contributed by atoms with Crippen LogP contribution < -0.4 is 4.31 Å². The van der Waals surface area contributed by atoms with Gasteiger partial charge in [-0.25, -0.2) is 8.42 Å². The van der Waals surface area contributed by atoms with Crippen molar-refractivity contribution in [3.8, 4) is 6.07 Å². The molecule has 0 radical (unpaired) electrons. The molecule has 0 heterocycles. The Morgan fingerprint density at radius 2 is 1.74 bits per heavy atom. The first-order chi connectivity index (χ1) is 11.0. The van der Waals surface area contributed by atoms with Crippen LogP contribution in [0.25, 0.3) is 0 Å². The second-order valence-corrected chi connectivity index (χ2v) is 6.93. The molecular formula is C17H18N2O3S. The van der Waals surface area contributed by atoms with Gasteiger partial charge in [0, 0.05) is 0 Å². The van der Waals surface area contributed by atoms with Gasteiger partial charge in [0.1, 0.15) is 0 Å². The lowest BCUT2D eigenvalue weighted by molar-refractivity contribution is 0.179. The number of benzene rings is 2. The largest absolute Gasteiger partial charge is 0.391 e. The fraction of sp³-hybridized carbons (Fsp3) is 0.235. The van der Waals surface area contributed by atoms with Crippen molar-refractivity contribution in [2.45, 2.75) is 24.3 Å². The Hall–Kier alpha value is -2.36. The third-order valence-corrected chi connectivity index (χ3v) is 5.27. The zero-order valence-electron chi connectivity index (χ0n) is 12.8. The number of rotatable bonds is 6. The lowest BCUT2D eigenvalue weighted by Gasteiger charge is -2.26. The molecule has 2 rings (SSSR count). The monoisotopic (exact) mass is 330 g/mol. The number of para-hydroxylation sites is 1. The highest BCUT2D eigenvalue weighted by atomic mass is 32.2. The van der Waals surface area contributed by atoms with Gasteiger partial charge in [-0.15, -0.1) is 0 Å². The minimum absolute atomic E-state index is 0.0250. The maximum absolute atomic E-state index is 12.9. The molecule has 0 saturated carbocycles. The van der Waals surface area contributed by atoms with Crippen LogP contribution in [0.2, 0.25) is 0 Å². The molecule has 2 aromatic carbocycles. The van der Waals surface area contributed by atoms with Crippen LogP contribution in [0.3, 0.4) is 0 Å². The van der Waals surface area contributed by atoms with Crippen molar-refractivity contribution < 1.29 is 13.5 Å². The minimum atomic E-state index is -3.82. The summed E-state index contributed by atoms with van der Waals surface area (Å²) in [6, 6.07) is 16.4. The third kappa shape index (κ3) is 3.89. The first-order valence-corrected chi connectivity index (χ1v) is 8.69. The van der Waals surface area contributed by atoms with E-state index in [1.165, 1.54) is 28.6 Å². The average Bonchev–Trinajstić information content (AvgIpc) is 2.60. The molecule has 0 fully saturated rings. The quantitative estimate of drug-likeness (QED) is 0.882. The van der Waals surface area contributed by atoms with Crippen LogP contribution >= 0.6 is 0 Å². The van der Waals surface area contributed by atoms with E-state index in [2.05, 4.69) is 0 Å². The van der Waals surface area contributed by atoms with E-state index in [1.54, 1.807) is 37.3 Å². The normalized spacial score (nSPS) is 12.4. The van der Waals surface area contributed by atoms with Crippen molar-refractivity contribution in [3.63, 3.8) is 0 Å². The molecule has 0 amide bonds. The van der Waals surface area contributed by atoms with Crippen molar-refractivity contribution in [3.05, 3.63) is 60.2 Å². The van der Waals surface area contributed by atoms with E-state index in [1.807, 2.05) is 6.07 Å². The van der Waals surface area contributed by atoms with E-state index in [0.29, 0.717) is 17.7 Å². The number of nitrogens with zero attached hydrogens (tertiary/aromatic N) is 2. The fourth-order valence-electron chi connectivity index (χ4n) is 2.09. The molecule has 1 N–H and O–H groups in total. The van der Waals surface area contributed by atoms with Gasteiger partial charge in [0.2, 0.25) is 0 Å². The Bertz CT molecular complexity index is 781. The summed E-state index contributed by atoms with van der Waals surface area (Å²) in [5, 5.41) is 18.8. The number of hydrogen-bond acceptors (Lipinski definition) is 4. The third-order valence-electron chi connectivity index (χ3n) is 3.46. The fourth-order valence-corrected chi connectivity index (χ4v) is 3.59. The highest BCUT2D eigenvalue weighted by molar-refractivity contribution is 7.92. The number of aliphatic hydroxyl groups excluding tert-OH is 1. The molecule has 23 heavy (non-hydrogen) atoms. The molecule has 1 unspecified atom stereocenters. The minimum Gasteiger partial charge on any atom is -0.391 e. The highest BCUT2D eigenvalue weighted by Gasteiger charge is 2.26. The summed E-state index contributed by atoms with van der Waals surface area (Å²) in [5.41, 5.74) is 0.883. The van der Waals surface area contributed by atoms with Crippen LogP contribution in [0.4, 0.5) is 5.69 Å². The number of aliphatic hydroxyl groups is 1. The van der Waals surface area contributed by atoms with Crippen LogP contribution in [-0.2, 0) is 10.0 Å². The molecule has 1 atom stereocenters. The predicted octanol–water partition coefficient (Wildman–Crippen LogP) is 2.52. The lowest BCUT2D eigenvalue weighted by atomic mass is 10.2. The van der Waals surface area contributed by atoms with Gasteiger partial charge in [-0.2, -0.15) is 5.26 Å². The van der Waals surface area contributed by atoms with Crippen molar-refractivity contribution in [1.29, 1.82) is 5.26 Å². The lowest BCUT2D eigenvalue weighted by Crippen LogP contribution is -2.37. The van der Waals surface area contributed by atoms with Gasteiger partial charge in [-0.1, -0.05) is 25.1 Å². The highest BCUT2D eigenvalue weighted by Crippen LogP contribution is 2.24. The van der Waals surface area contributed by atoms with Gasteiger partial charge in [0.05, 0.1) is 34.9 Å². The van der Waals surface area contributed by atoms with Crippen molar-refractivity contribution in [2.24, 2.45) is 0 Å². The van der Waals surface area contributed by atoms with Crippen molar-refractivity contribution in [1.82, 2.24) is 0 Å². The summed E-state index contributed by atoms with van der Waals surface area (Å²) >= 11 is 0. The summed E-state index contributed by atoms with van der Waals surface area (Å²) < 4.78 is 27.0. The molecule has 5 nitrogen and oxygen atoms in total. The second kappa shape index (κ2) is 7.27. The van der Waals surface area contributed by atoms with Crippen LogP contribution in [0.1, 0.15) is 18.9 Å². The molecule has 2 aromatic rings. The number of nitriles is 1. The summed E-state index contributed by atoms with van der Waals surface area (Å²) in [5.74, 6) is 0. The van der Waals surface area contributed by atoms with Gasteiger partial charge in [-0.3, -0.25) is 4.31 Å². The number of sulfonamides is 1. The van der Waals surface area contributed by atoms with E-state index >= 15 is 0 Å². The first kappa shape index (κ1) is 17.0. The Labute approximate surface area is 136 Å². The number of hydrogen-bond donors (Lipinski definition) is 1. The maximum Gasteiger partial charge on any atom is 0.264 e. The van der Waals surface area contributed by atoms with E-state index in [-0.39, 0.29) is 11.4 Å². The van der Waals surface area contributed by atoms with Crippen LogP contribution in [0.5, 0.6) is 0 Å². The molecule has 0 spiro atoms. The summed E-state index contributed by atoms with van der Waals surface area (Å²) in [6.45, 7) is 1.77. The second-order valence-electron chi connectivity index (χ2n) is 5.07. The van der Waals surface area contributed by atoms with E-state index in [0.717, 1.165) is 0 Å². The molecule has 0 aliphatic heterocycles. The van der Waals surface area contributed by atoms with Crippen molar-refractivity contribution >= 4 is 15.7 Å². The van der Waals surface area contributed by atoms with Gasteiger partial charge >= 0.3 is 0 Å². The zero-order valence-corrected chi connectivity index (χ0v) is 13.6. The molecule has 0 aliphatic carbocycles. The summed E-state index contributed by atoms with van der Waals surface area (Å²) in [7, 11) is -3.82. The summed E-state index contributed by atoms with van der Waals surface area (Å²) in [6.07, 6.45) is -0.310. The van der Waals surface area contributed by atoms with Crippen LogP contribution in [0.15, 0.2) is 59.5 Å². The molecule has 6 heteroatoms. The average molecular weight is 330 g/mol. The van der Waals surface area contributed by atoms with Gasteiger partial charge in [0.15, 0.2) is 0 Å². The van der Waals surface area contributed by atoms with Gasteiger partial charge in [-0.05, 0) is 42.8 Å². The summed E-state index contributed by atoms with van der Waals surface area (Å²) in [4.78, 5) is 0.0867. The smallest absolute Gasteiger partial charge is 0.264 e. The Morgan fingerprint density at radius 3 is 2.26 bits per heavy atom. The van der Waals surface area contributed by atoms with Gasteiger partial charge in [0.25, 0.3) is 10.0 Å². The van der Waals surface area contributed by atoms with Crippen LogP contribution in [-0.4, -0.2) is 26.2 Å². The maximum atomic E-state index is 12.9. The Balaban J connectivity index is 2.46. The van der Waals surface area contributed by atoms with Crippen molar-refractivity contribution in [2.75, 3.05) is 10.8 Å². The topological polar surface area (TPSA) is 81.4 Å². The molecule has 120 valence electrons. The zero-order chi connectivity index (χ0) is 16.9. The van der Waals surface area contributed by atoms with E-state index in [9.17, 15) is 13.5 Å². The molecule has 0 aliphatic rings. The molecular weight excluding hydrogens is 312 g/mol. The predicted molar refractivity (Wildman–Crippen MR) is 88.4 cm³/mol. The number of anilines is 1. The van der Waals surface area contributed by atoms with E-state index < -0.39 is 16.1 Å². The molecule has 0 bridgehead atoms. The molecule has 0 aromatic heterocycles. The Kier molecular flexibility index (Phi) is 5.37. The van der Waals surface area contributed by atoms with E-state index in [4.69, 9.17) is 5.26 Å². The van der Waals surface area contributed by atoms with Gasteiger partial charge < -0.3 is 5.11 Å². The first-order valence-electron chi connectivity index (χ1n) is 7.25. The molecule has 0 saturated heterocycles. The van der Waals surface area contributed by atoms with Crippen LogP contribution in [0, 0.1) is 11.3 Å². The SMILES string of the molecule is CCC(O)CN(c1ccccc1)S(=O)(=O)c1ccc(C#N)cc1. The standard InChI is InChI=1S/C17H18N2O3S/c1-2-16(20)13-19(15-6-4-3-5-7-15)23(21,22)17-10-8-14(12-18)9-11-17/h3-11,16,20H,2,13H2,1H3.